The second-order valence-corrected chi connectivity index (χ2v) is 4.66. The van der Waals surface area contributed by atoms with Crippen molar-refractivity contribution in [2.75, 3.05) is 13.7 Å². The van der Waals surface area contributed by atoms with E-state index in [1.165, 1.54) is 6.07 Å². The van der Waals surface area contributed by atoms with Gasteiger partial charge in [-0.15, -0.1) is 0 Å². The molecule has 0 aliphatic carbocycles. The van der Waals surface area contributed by atoms with Crippen LogP contribution >= 0.6 is 0 Å². The quantitative estimate of drug-likeness (QED) is 0.877. The van der Waals surface area contributed by atoms with Crippen molar-refractivity contribution in [2.45, 2.75) is 32.0 Å². The summed E-state index contributed by atoms with van der Waals surface area (Å²) < 4.78 is 18.6. The number of phenolic OH excluding ortho intramolecular Hbond substituents is 1. The monoisotopic (exact) mass is 239 g/mol. The van der Waals surface area contributed by atoms with E-state index in [9.17, 15) is 9.50 Å². The van der Waals surface area contributed by atoms with E-state index < -0.39 is 5.82 Å². The Balaban J connectivity index is 2.04. The van der Waals surface area contributed by atoms with Gasteiger partial charge in [0.15, 0.2) is 0 Å². The maximum absolute atomic E-state index is 13.1. The van der Waals surface area contributed by atoms with Crippen molar-refractivity contribution in [3.8, 4) is 5.75 Å². The van der Waals surface area contributed by atoms with Crippen molar-refractivity contribution in [1.29, 1.82) is 0 Å². The summed E-state index contributed by atoms with van der Waals surface area (Å²) in [6.45, 7) is 3.45. The van der Waals surface area contributed by atoms with Gasteiger partial charge in [0.1, 0.15) is 11.6 Å². The Morgan fingerprint density at radius 1 is 1.47 bits per heavy atom. The number of benzene rings is 1. The maximum Gasteiger partial charge on any atom is 0.127 e. The minimum atomic E-state index is -0.399. The Kier molecular flexibility index (Phi) is 3.64. The zero-order valence-electron chi connectivity index (χ0n) is 10.2. The number of hydrogen-bond acceptors (Lipinski definition) is 3. The minimum absolute atomic E-state index is 0.0240. The van der Waals surface area contributed by atoms with Crippen LogP contribution in [-0.2, 0) is 11.3 Å². The van der Waals surface area contributed by atoms with Gasteiger partial charge in [-0.1, -0.05) is 0 Å². The molecule has 94 valence electrons. The molecule has 0 bridgehead atoms. The van der Waals surface area contributed by atoms with E-state index in [2.05, 4.69) is 11.8 Å². The molecule has 1 fully saturated rings. The highest BCUT2D eigenvalue weighted by molar-refractivity contribution is 5.28. The van der Waals surface area contributed by atoms with Crippen LogP contribution in [-0.4, -0.2) is 35.8 Å². The van der Waals surface area contributed by atoms with Crippen LogP contribution in [0.1, 0.15) is 18.9 Å². The van der Waals surface area contributed by atoms with Crippen molar-refractivity contribution in [3.05, 3.63) is 29.6 Å². The number of hydrogen-bond donors (Lipinski definition) is 1. The third kappa shape index (κ3) is 2.96. The molecule has 17 heavy (non-hydrogen) atoms. The van der Waals surface area contributed by atoms with Gasteiger partial charge in [0, 0.05) is 25.3 Å². The van der Waals surface area contributed by atoms with Crippen molar-refractivity contribution < 1.29 is 14.2 Å². The molecule has 1 aromatic rings. The summed E-state index contributed by atoms with van der Waals surface area (Å²) in [6.07, 6.45) is 1.21. The van der Waals surface area contributed by atoms with Crippen molar-refractivity contribution in [2.24, 2.45) is 0 Å². The van der Waals surface area contributed by atoms with Gasteiger partial charge < -0.3 is 9.84 Å². The smallest absolute Gasteiger partial charge is 0.127 e. The van der Waals surface area contributed by atoms with Crippen LogP contribution in [0.15, 0.2) is 18.2 Å². The molecule has 2 atom stereocenters. The third-order valence-corrected chi connectivity index (χ3v) is 3.28. The number of ether oxygens (including phenoxy) is 1. The van der Waals surface area contributed by atoms with E-state index in [0.29, 0.717) is 12.6 Å². The lowest BCUT2D eigenvalue weighted by Crippen LogP contribution is -2.36. The van der Waals surface area contributed by atoms with Gasteiger partial charge in [-0.05, 0) is 38.1 Å². The Hall–Kier alpha value is -1.13. The average molecular weight is 239 g/mol. The minimum Gasteiger partial charge on any atom is -0.508 e. The van der Waals surface area contributed by atoms with Crippen LogP contribution in [0.3, 0.4) is 0 Å². The van der Waals surface area contributed by atoms with Crippen molar-refractivity contribution >= 4 is 0 Å². The lowest BCUT2D eigenvalue weighted by molar-refractivity contribution is 0.0814. The highest BCUT2D eigenvalue weighted by atomic mass is 19.1. The normalized spacial score (nSPS) is 24.5. The van der Waals surface area contributed by atoms with E-state index in [1.54, 1.807) is 6.07 Å². The predicted octanol–water partition coefficient (Wildman–Crippen LogP) is 2.14. The van der Waals surface area contributed by atoms with E-state index in [-0.39, 0.29) is 11.9 Å². The first-order chi connectivity index (χ1) is 8.06. The molecule has 1 heterocycles. The molecule has 2 rings (SSSR count). The van der Waals surface area contributed by atoms with Crippen LogP contribution in [0.2, 0.25) is 0 Å². The van der Waals surface area contributed by atoms with Gasteiger partial charge in [-0.3, -0.25) is 4.90 Å². The molecular weight excluding hydrogens is 221 g/mol. The summed E-state index contributed by atoms with van der Waals surface area (Å²) in [5.74, 6) is -0.423. The third-order valence-electron chi connectivity index (χ3n) is 3.28. The first kappa shape index (κ1) is 12.3. The van der Waals surface area contributed by atoms with Crippen LogP contribution in [0.4, 0.5) is 4.39 Å². The molecule has 1 N–H and O–H groups in total. The summed E-state index contributed by atoms with van der Waals surface area (Å²) in [4.78, 5) is 2.14. The van der Waals surface area contributed by atoms with Crippen LogP contribution in [0, 0.1) is 5.82 Å². The molecule has 0 spiro atoms. The molecule has 3 nitrogen and oxygen atoms in total. The molecule has 0 amide bonds. The molecule has 1 aliphatic rings. The van der Waals surface area contributed by atoms with Crippen LogP contribution in [0.25, 0.3) is 0 Å². The van der Waals surface area contributed by atoms with Crippen molar-refractivity contribution in [1.82, 2.24) is 4.90 Å². The van der Waals surface area contributed by atoms with Gasteiger partial charge >= 0.3 is 0 Å². The zero-order valence-corrected chi connectivity index (χ0v) is 10.2. The highest BCUT2D eigenvalue weighted by Crippen LogP contribution is 2.21. The second kappa shape index (κ2) is 5.02. The molecule has 1 aromatic carbocycles. The topological polar surface area (TPSA) is 32.7 Å². The molecule has 0 aromatic heterocycles. The second-order valence-electron chi connectivity index (χ2n) is 4.66. The SMILES string of the molecule is CC1OCCC1N(C)Cc1cc(O)cc(F)c1. The van der Waals surface area contributed by atoms with E-state index >= 15 is 0 Å². The Bertz CT molecular complexity index is 377. The average Bonchev–Trinajstić information content (AvgIpc) is 2.62. The summed E-state index contributed by atoms with van der Waals surface area (Å²) in [5.41, 5.74) is 0.782. The Labute approximate surface area is 101 Å². The van der Waals surface area contributed by atoms with E-state index in [1.807, 2.05) is 7.05 Å². The largest absolute Gasteiger partial charge is 0.508 e. The number of phenols is 1. The molecule has 1 saturated heterocycles. The van der Waals surface area contributed by atoms with Crippen LogP contribution < -0.4 is 0 Å². The van der Waals surface area contributed by atoms with Crippen molar-refractivity contribution in [3.63, 3.8) is 0 Å². The molecule has 0 saturated carbocycles. The first-order valence-electron chi connectivity index (χ1n) is 5.86. The number of aromatic hydroxyl groups is 1. The van der Waals surface area contributed by atoms with Gasteiger partial charge in [0.05, 0.1) is 6.10 Å². The number of halogens is 1. The molecule has 2 unspecified atom stereocenters. The predicted molar refractivity (Wildman–Crippen MR) is 63.4 cm³/mol. The van der Waals surface area contributed by atoms with Gasteiger partial charge in [-0.2, -0.15) is 0 Å². The van der Waals surface area contributed by atoms with E-state index in [4.69, 9.17) is 4.74 Å². The summed E-state index contributed by atoms with van der Waals surface area (Å²) in [7, 11) is 2.00. The van der Waals surface area contributed by atoms with Gasteiger partial charge in [-0.25, -0.2) is 4.39 Å². The molecule has 1 aliphatic heterocycles. The summed E-state index contributed by atoms with van der Waals surface area (Å²) in [5, 5.41) is 9.34. The first-order valence-corrected chi connectivity index (χ1v) is 5.86. The molecule has 0 radical (unpaired) electrons. The van der Waals surface area contributed by atoms with Gasteiger partial charge in [0.2, 0.25) is 0 Å². The highest BCUT2D eigenvalue weighted by Gasteiger charge is 2.27. The maximum atomic E-state index is 13.1. The fourth-order valence-corrected chi connectivity index (χ4v) is 2.43. The van der Waals surface area contributed by atoms with Gasteiger partial charge in [0.25, 0.3) is 0 Å². The standard InChI is InChI=1S/C13H18FNO2/c1-9-13(3-4-17-9)15(2)8-10-5-11(14)7-12(16)6-10/h5-7,9,13,16H,3-4,8H2,1-2H3. The zero-order chi connectivity index (χ0) is 12.4. The number of likely N-dealkylation sites (N-methyl/N-ethyl adjacent to an activating group) is 1. The molecule has 4 heteroatoms. The fourth-order valence-electron chi connectivity index (χ4n) is 2.43. The van der Waals surface area contributed by atoms with Crippen LogP contribution in [0.5, 0.6) is 5.75 Å². The number of nitrogens with zero attached hydrogens (tertiary/aromatic N) is 1. The summed E-state index contributed by atoms with van der Waals surface area (Å²) in [6, 6.07) is 4.53. The summed E-state index contributed by atoms with van der Waals surface area (Å²) >= 11 is 0. The Morgan fingerprint density at radius 3 is 2.82 bits per heavy atom. The fraction of sp³-hybridized carbons (Fsp3) is 0.538. The number of rotatable bonds is 3. The molecular formula is C13H18FNO2. The van der Waals surface area contributed by atoms with E-state index in [0.717, 1.165) is 24.7 Å². The lowest BCUT2D eigenvalue weighted by atomic mass is 10.1. The Morgan fingerprint density at radius 2 is 2.24 bits per heavy atom. The lowest BCUT2D eigenvalue weighted by Gasteiger charge is -2.26.